The monoisotopic (exact) mass is 315 g/mol. The summed E-state index contributed by atoms with van der Waals surface area (Å²) < 4.78 is 31.7. The number of carboxylic acids is 1. The second-order valence-electron chi connectivity index (χ2n) is 4.63. The molecule has 0 saturated carbocycles. The predicted octanol–water partition coefficient (Wildman–Crippen LogP) is 2.97. The summed E-state index contributed by atoms with van der Waals surface area (Å²) >= 11 is 0. The van der Waals surface area contributed by atoms with Crippen LogP contribution >= 0.6 is 0 Å². The summed E-state index contributed by atoms with van der Waals surface area (Å²) in [5.74, 6) is -1.34. The smallest absolute Gasteiger partial charge is 0.475 e. The van der Waals surface area contributed by atoms with Crippen LogP contribution in [0.3, 0.4) is 0 Å². The Balaban J connectivity index is 0.000000295. The first-order chi connectivity index (χ1) is 10.2. The van der Waals surface area contributed by atoms with Crippen molar-refractivity contribution in [3.8, 4) is 0 Å². The number of nitrogens with zero attached hydrogens (tertiary/aromatic N) is 1. The minimum Gasteiger partial charge on any atom is -0.475 e. The molecule has 0 aliphatic carbocycles. The fourth-order valence-corrected chi connectivity index (χ4v) is 1.72. The van der Waals surface area contributed by atoms with Crippen molar-refractivity contribution < 1.29 is 23.1 Å². The quantitative estimate of drug-likeness (QED) is 0.759. The fraction of sp³-hybridized carbons (Fsp3) is 0.286. The average molecular weight is 315 g/mol. The number of nitrogens with two attached hydrogens (primary N) is 1. The number of anilines is 1. The zero-order chi connectivity index (χ0) is 16.8. The molecule has 0 saturated heterocycles. The molecule has 1 atom stereocenters. The molecular weight excluding hydrogens is 299 g/mol. The van der Waals surface area contributed by atoms with Crippen molar-refractivity contribution in [2.24, 2.45) is 0 Å². The standard InChI is InChI=1S/C12H15N3.C2HF3O2/c1-9(12-14-5-6-15-12)7-10-3-2-4-11(13)8-10;3-2(4,5)1(6)7/h2-6,8-9H,7,13H2,1H3,(H,14,15);(H,6,7). The average Bonchev–Trinajstić information content (AvgIpc) is 2.92. The maximum absolute atomic E-state index is 10.6. The van der Waals surface area contributed by atoms with Gasteiger partial charge in [-0.25, -0.2) is 9.78 Å². The van der Waals surface area contributed by atoms with Crippen LogP contribution in [0.15, 0.2) is 36.7 Å². The summed E-state index contributed by atoms with van der Waals surface area (Å²) in [6, 6.07) is 8.00. The van der Waals surface area contributed by atoms with E-state index in [0.717, 1.165) is 17.9 Å². The summed E-state index contributed by atoms with van der Waals surface area (Å²) in [5.41, 5.74) is 7.80. The van der Waals surface area contributed by atoms with Gasteiger partial charge in [0, 0.05) is 24.0 Å². The third kappa shape index (κ3) is 5.86. The molecule has 0 spiro atoms. The Bertz CT molecular complexity index is 598. The van der Waals surface area contributed by atoms with E-state index in [1.807, 2.05) is 24.4 Å². The number of benzene rings is 1. The molecule has 4 N–H and O–H groups in total. The van der Waals surface area contributed by atoms with Crippen molar-refractivity contribution in [1.29, 1.82) is 0 Å². The maximum Gasteiger partial charge on any atom is 0.490 e. The minimum atomic E-state index is -5.08. The highest BCUT2D eigenvalue weighted by atomic mass is 19.4. The van der Waals surface area contributed by atoms with E-state index in [2.05, 4.69) is 23.0 Å². The highest BCUT2D eigenvalue weighted by Gasteiger charge is 2.38. The van der Waals surface area contributed by atoms with Gasteiger partial charge < -0.3 is 15.8 Å². The normalized spacial score (nSPS) is 12.2. The van der Waals surface area contributed by atoms with Gasteiger partial charge in [0.1, 0.15) is 5.82 Å². The molecule has 1 unspecified atom stereocenters. The van der Waals surface area contributed by atoms with Crippen LogP contribution in [-0.2, 0) is 11.2 Å². The lowest BCUT2D eigenvalue weighted by molar-refractivity contribution is -0.192. The van der Waals surface area contributed by atoms with Crippen molar-refractivity contribution in [1.82, 2.24) is 9.97 Å². The van der Waals surface area contributed by atoms with Gasteiger partial charge in [-0.15, -0.1) is 0 Å². The molecule has 2 aromatic rings. The van der Waals surface area contributed by atoms with Gasteiger partial charge in [0.05, 0.1) is 0 Å². The summed E-state index contributed by atoms with van der Waals surface area (Å²) in [6.45, 7) is 2.15. The van der Waals surface area contributed by atoms with Crippen LogP contribution in [0.2, 0.25) is 0 Å². The summed E-state index contributed by atoms with van der Waals surface area (Å²) in [5, 5.41) is 7.12. The number of carbonyl (C=O) groups is 1. The highest BCUT2D eigenvalue weighted by Crippen LogP contribution is 2.18. The summed E-state index contributed by atoms with van der Waals surface area (Å²) in [4.78, 5) is 16.3. The Kier molecular flexibility index (Phi) is 5.97. The number of imidazole rings is 1. The molecule has 0 fully saturated rings. The maximum atomic E-state index is 10.6. The van der Waals surface area contributed by atoms with Gasteiger partial charge >= 0.3 is 12.1 Å². The SMILES string of the molecule is CC(Cc1cccc(N)c1)c1ncc[nH]1.O=C(O)C(F)(F)F. The minimum absolute atomic E-state index is 0.391. The van der Waals surface area contributed by atoms with E-state index in [1.165, 1.54) is 5.56 Å². The number of hydrogen-bond donors (Lipinski definition) is 3. The molecule has 0 aliphatic heterocycles. The van der Waals surface area contributed by atoms with Crippen molar-refractivity contribution in [3.63, 3.8) is 0 Å². The lowest BCUT2D eigenvalue weighted by atomic mass is 10.0. The molecule has 8 heteroatoms. The number of H-pyrrole nitrogens is 1. The molecule has 0 aliphatic rings. The number of carboxylic acid groups (broad SMARTS) is 1. The molecule has 1 aromatic heterocycles. The molecule has 1 aromatic carbocycles. The van der Waals surface area contributed by atoms with Crippen LogP contribution in [0.5, 0.6) is 0 Å². The Morgan fingerprint density at radius 1 is 1.45 bits per heavy atom. The zero-order valence-corrected chi connectivity index (χ0v) is 11.8. The first kappa shape index (κ1) is 17.5. The second-order valence-corrected chi connectivity index (χ2v) is 4.63. The first-order valence-electron chi connectivity index (χ1n) is 6.34. The molecule has 0 amide bonds. The van der Waals surface area contributed by atoms with E-state index in [9.17, 15) is 13.2 Å². The van der Waals surface area contributed by atoms with Gasteiger partial charge in [-0.2, -0.15) is 13.2 Å². The van der Waals surface area contributed by atoms with Gasteiger partial charge in [0.15, 0.2) is 0 Å². The van der Waals surface area contributed by atoms with E-state index in [0.29, 0.717) is 5.92 Å². The largest absolute Gasteiger partial charge is 0.490 e. The number of hydrogen-bond acceptors (Lipinski definition) is 3. The van der Waals surface area contributed by atoms with Gasteiger partial charge in [-0.1, -0.05) is 19.1 Å². The summed E-state index contributed by atoms with van der Waals surface area (Å²) in [7, 11) is 0. The van der Waals surface area contributed by atoms with Crippen molar-refractivity contribution in [2.75, 3.05) is 5.73 Å². The number of aromatic amines is 1. The molecule has 2 rings (SSSR count). The molecule has 5 nitrogen and oxygen atoms in total. The van der Waals surface area contributed by atoms with Gasteiger partial charge in [0.2, 0.25) is 0 Å². The third-order valence-electron chi connectivity index (χ3n) is 2.72. The van der Waals surface area contributed by atoms with Crippen LogP contribution in [0.4, 0.5) is 18.9 Å². The predicted molar refractivity (Wildman–Crippen MR) is 75.3 cm³/mol. The van der Waals surface area contributed by atoms with Crippen LogP contribution in [-0.4, -0.2) is 27.2 Å². The Morgan fingerprint density at radius 3 is 2.55 bits per heavy atom. The molecule has 120 valence electrons. The van der Waals surface area contributed by atoms with Crippen LogP contribution in [0.25, 0.3) is 0 Å². The lowest BCUT2D eigenvalue weighted by Gasteiger charge is -2.08. The van der Waals surface area contributed by atoms with E-state index in [1.54, 1.807) is 6.20 Å². The highest BCUT2D eigenvalue weighted by molar-refractivity contribution is 5.73. The molecule has 0 radical (unpaired) electrons. The second kappa shape index (κ2) is 7.48. The van der Waals surface area contributed by atoms with Crippen molar-refractivity contribution in [3.05, 3.63) is 48.0 Å². The van der Waals surface area contributed by atoms with E-state index < -0.39 is 12.1 Å². The van der Waals surface area contributed by atoms with E-state index in [-0.39, 0.29) is 0 Å². The molecular formula is C14H16F3N3O2. The number of aliphatic carboxylic acids is 1. The number of alkyl halides is 3. The molecule has 0 bridgehead atoms. The Labute approximate surface area is 125 Å². The molecule has 1 heterocycles. The first-order valence-corrected chi connectivity index (χ1v) is 6.34. The third-order valence-corrected chi connectivity index (χ3v) is 2.72. The number of rotatable bonds is 3. The zero-order valence-electron chi connectivity index (χ0n) is 11.8. The van der Waals surface area contributed by atoms with Crippen LogP contribution < -0.4 is 5.73 Å². The van der Waals surface area contributed by atoms with Gasteiger partial charge in [-0.3, -0.25) is 0 Å². The number of halogens is 3. The van der Waals surface area contributed by atoms with Crippen LogP contribution in [0, 0.1) is 0 Å². The fourth-order valence-electron chi connectivity index (χ4n) is 1.72. The van der Waals surface area contributed by atoms with Crippen molar-refractivity contribution >= 4 is 11.7 Å². The molecule has 22 heavy (non-hydrogen) atoms. The lowest BCUT2D eigenvalue weighted by Crippen LogP contribution is -2.21. The number of aromatic nitrogens is 2. The topological polar surface area (TPSA) is 92.0 Å². The number of nitrogen functional groups attached to an aromatic ring is 1. The van der Waals surface area contributed by atoms with E-state index >= 15 is 0 Å². The van der Waals surface area contributed by atoms with E-state index in [4.69, 9.17) is 15.6 Å². The van der Waals surface area contributed by atoms with Crippen molar-refractivity contribution in [2.45, 2.75) is 25.4 Å². The number of nitrogens with one attached hydrogen (secondary N) is 1. The van der Waals surface area contributed by atoms with Gasteiger partial charge in [-0.05, 0) is 24.1 Å². The van der Waals surface area contributed by atoms with Crippen LogP contribution in [0.1, 0.15) is 24.2 Å². The Hall–Kier alpha value is -2.51. The summed E-state index contributed by atoms with van der Waals surface area (Å²) in [6.07, 6.45) is -0.491. The Morgan fingerprint density at radius 2 is 2.09 bits per heavy atom. The van der Waals surface area contributed by atoms with Gasteiger partial charge in [0.25, 0.3) is 0 Å².